The summed E-state index contributed by atoms with van der Waals surface area (Å²) in [6.45, 7) is 9.02. The van der Waals surface area contributed by atoms with E-state index in [1.807, 2.05) is 17.9 Å². The molecule has 24 heavy (non-hydrogen) atoms. The molecule has 1 aromatic heterocycles. The number of benzene rings is 1. The van der Waals surface area contributed by atoms with E-state index in [1.165, 1.54) is 16.7 Å². The predicted octanol–water partition coefficient (Wildman–Crippen LogP) is 2.32. The summed E-state index contributed by atoms with van der Waals surface area (Å²) >= 11 is 0. The van der Waals surface area contributed by atoms with Gasteiger partial charge in [-0.3, -0.25) is 9.58 Å². The van der Waals surface area contributed by atoms with Crippen LogP contribution < -0.4 is 5.32 Å². The highest BCUT2D eigenvalue weighted by Gasteiger charge is 2.22. The van der Waals surface area contributed by atoms with Crippen molar-refractivity contribution < 1.29 is 4.74 Å². The molecule has 2 heterocycles. The molecule has 0 amide bonds. The van der Waals surface area contributed by atoms with E-state index < -0.39 is 0 Å². The number of nitrogens with zero attached hydrogens (tertiary/aromatic N) is 3. The monoisotopic (exact) mass is 328 g/mol. The number of rotatable bonds is 6. The Morgan fingerprint density at radius 3 is 2.50 bits per heavy atom. The van der Waals surface area contributed by atoms with Crippen LogP contribution in [0.4, 0.5) is 0 Å². The van der Waals surface area contributed by atoms with Gasteiger partial charge in [-0.2, -0.15) is 5.10 Å². The summed E-state index contributed by atoms with van der Waals surface area (Å²) in [5.74, 6) is 0. The highest BCUT2D eigenvalue weighted by molar-refractivity contribution is 5.27. The van der Waals surface area contributed by atoms with Crippen molar-refractivity contribution in [1.82, 2.24) is 20.0 Å². The number of aromatic nitrogens is 2. The largest absolute Gasteiger partial charge is 0.373 e. The van der Waals surface area contributed by atoms with Gasteiger partial charge < -0.3 is 10.1 Å². The Balaban J connectivity index is 1.58. The summed E-state index contributed by atoms with van der Waals surface area (Å²) in [5.41, 5.74) is 3.98. The lowest BCUT2D eigenvalue weighted by atomic mass is 10.1. The predicted molar refractivity (Wildman–Crippen MR) is 95.5 cm³/mol. The summed E-state index contributed by atoms with van der Waals surface area (Å²) in [6, 6.07) is 8.72. The molecule has 1 aromatic carbocycles. The fourth-order valence-electron chi connectivity index (χ4n) is 3.44. The van der Waals surface area contributed by atoms with Crippen molar-refractivity contribution in [2.45, 2.75) is 45.7 Å². The maximum Gasteiger partial charge on any atom is 0.0678 e. The van der Waals surface area contributed by atoms with Crippen molar-refractivity contribution in [2.75, 3.05) is 13.1 Å². The number of hydrogen-bond donors (Lipinski definition) is 1. The van der Waals surface area contributed by atoms with E-state index in [2.05, 4.69) is 59.6 Å². The Labute approximate surface area is 144 Å². The molecule has 2 aromatic rings. The van der Waals surface area contributed by atoms with Crippen molar-refractivity contribution in [3.63, 3.8) is 0 Å². The van der Waals surface area contributed by atoms with Crippen LogP contribution in [-0.4, -0.2) is 40.0 Å². The van der Waals surface area contributed by atoms with E-state index in [0.29, 0.717) is 12.2 Å². The molecule has 0 aliphatic carbocycles. The van der Waals surface area contributed by atoms with Crippen LogP contribution in [0, 0.1) is 0 Å². The van der Waals surface area contributed by atoms with Gasteiger partial charge in [0.2, 0.25) is 0 Å². The smallest absolute Gasteiger partial charge is 0.0678 e. The first kappa shape index (κ1) is 17.1. The standard InChI is InChI=1S/C19H28N4O/c1-15-11-23(12-16(2)24-15)14-19-7-5-4-6-18(19)10-20-8-17-9-21-22(3)13-17/h4-7,9,13,15-16,20H,8,10-12,14H2,1-3H3/t15-,16-/m1/s1. The zero-order valence-corrected chi connectivity index (χ0v) is 14.9. The van der Waals surface area contributed by atoms with Crippen molar-refractivity contribution in [3.8, 4) is 0 Å². The topological polar surface area (TPSA) is 42.3 Å². The Morgan fingerprint density at radius 1 is 1.12 bits per heavy atom. The maximum absolute atomic E-state index is 5.84. The lowest BCUT2D eigenvalue weighted by molar-refractivity contribution is -0.0705. The zero-order valence-electron chi connectivity index (χ0n) is 14.9. The number of morpholine rings is 1. The molecule has 5 heteroatoms. The second kappa shape index (κ2) is 7.92. The van der Waals surface area contributed by atoms with Gasteiger partial charge in [-0.1, -0.05) is 24.3 Å². The van der Waals surface area contributed by atoms with E-state index >= 15 is 0 Å². The number of ether oxygens (including phenoxy) is 1. The van der Waals surface area contributed by atoms with Crippen LogP contribution in [-0.2, 0) is 31.4 Å². The average Bonchev–Trinajstić information content (AvgIpc) is 2.93. The molecule has 3 rings (SSSR count). The van der Waals surface area contributed by atoms with Crippen LogP contribution in [0.1, 0.15) is 30.5 Å². The third kappa shape index (κ3) is 4.66. The van der Waals surface area contributed by atoms with Crippen molar-refractivity contribution in [1.29, 1.82) is 0 Å². The van der Waals surface area contributed by atoms with Gasteiger partial charge >= 0.3 is 0 Å². The van der Waals surface area contributed by atoms with E-state index in [1.54, 1.807) is 0 Å². The van der Waals surface area contributed by atoms with E-state index in [9.17, 15) is 0 Å². The first-order chi connectivity index (χ1) is 11.6. The van der Waals surface area contributed by atoms with Gasteiger partial charge in [0, 0.05) is 51.5 Å². The Hall–Kier alpha value is -1.69. The summed E-state index contributed by atoms with van der Waals surface area (Å²) in [5, 5.41) is 7.74. The minimum Gasteiger partial charge on any atom is -0.373 e. The molecule has 0 spiro atoms. The highest BCUT2D eigenvalue weighted by atomic mass is 16.5. The van der Waals surface area contributed by atoms with Gasteiger partial charge in [-0.05, 0) is 25.0 Å². The molecule has 0 bridgehead atoms. The van der Waals surface area contributed by atoms with Crippen LogP contribution in [0.5, 0.6) is 0 Å². The summed E-state index contributed by atoms with van der Waals surface area (Å²) in [4.78, 5) is 2.50. The summed E-state index contributed by atoms with van der Waals surface area (Å²) in [7, 11) is 1.95. The van der Waals surface area contributed by atoms with Crippen molar-refractivity contribution in [3.05, 3.63) is 53.3 Å². The van der Waals surface area contributed by atoms with Gasteiger partial charge in [0.25, 0.3) is 0 Å². The lowest BCUT2D eigenvalue weighted by Gasteiger charge is -2.35. The van der Waals surface area contributed by atoms with E-state index in [-0.39, 0.29) is 0 Å². The van der Waals surface area contributed by atoms with Crippen molar-refractivity contribution >= 4 is 0 Å². The SMILES string of the molecule is C[C@@H]1CN(Cc2ccccc2CNCc2cnn(C)c2)C[C@@H](C)O1. The second-order valence-corrected chi connectivity index (χ2v) is 6.85. The molecule has 0 radical (unpaired) electrons. The summed E-state index contributed by atoms with van der Waals surface area (Å²) < 4.78 is 7.68. The minimum absolute atomic E-state index is 0.310. The van der Waals surface area contributed by atoms with E-state index in [4.69, 9.17) is 4.74 Å². The quantitative estimate of drug-likeness (QED) is 0.884. The molecular weight excluding hydrogens is 300 g/mol. The first-order valence-electron chi connectivity index (χ1n) is 8.73. The van der Waals surface area contributed by atoms with Crippen LogP contribution in [0.25, 0.3) is 0 Å². The lowest BCUT2D eigenvalue weighted by Crippen LogP contribution is -2.45. The molecule has 130 valence electrons. The van der Waals surface area contributed by atoms with E-state index in [0.717, 1.165) is 32.7 Å². The van der Waals surface area contributed by atoms with Gasteiger partial charge in [0.05, 0.1) is 18.4 Å². The molecule has 0 saturated carbocycles. The normalized spacial score (nSPS) is 22.0. The Morgan fingerprint density at radius 2 is 1.83 bits per heavy atom. The molecule has 1 saturated heterocycles. The fourth-order valence-corrected chi connectivity index (χ4v) is 3.44. The Bertz CT molecular complexity index is 644. The molecule has 5 nitrogen and oxygen atoms in total. The molecule has 1 aliphatic rings. The van der Waals surface area contributed by atoms with Gasteiger partial charge in [-0.25, -0.2) is 0 Å². The Kier molecular flexibility index (Phi) is 5.66. The van der Waals surface area contributed by atoms with Crippen LogP contribution >= 0.6 is 0 Å². The third-order valence-electron chi connectivity index (χ3n) is 4.41. The zero-order chi connectivity index (χ0) is 16.9. The van der Waals surface area contributed by atoms with Crippen molar-refractivity contribution in [2.24, 2.45) is 7.05 Å². The highest BCUT2D eigenvalue weighted by Crippen LogP contribution is 2.17. The molecular formula is C19H28N4O. The molecule has 2 atom stereocenters. The van der Waals surface area contributed by atoms with Gasteiger partial charge in [0.1, 0.15) is 0 Å². The first-order valence-corrected chi connectivity index (χ1v) is 8.73. The molecule has 1 N–H and O–H groups in total. The van der Waals surface area contributed by atoms with Crippen LogP contribution in [0.15, 0.2) is 36.7 Å². The maximum atomic E-state index is 5.84. The third-order valence-corrected chi connectivity index (χ3v) is 4.41. The van der Waals surface area contributed by atoms with Crippen LogP contribution in [0.3, 0.4) is 0 Å². The molecule has 0 unspecified atom stereocenters. The molecule has 1 aliphatic heterocycles. The van der Waals surface area contributed by atoms with Gasteiger partial charge in [-0.15, -0.1) is 0 Å². The molecule has 1 fully saturated rings. The number of hydrogen-bond acceptors (Lipinski definition) is 4. The summed E-state index contributed by atoms with van der Waals surface area (Å²) in [6.07, 6.45) is 4.58. The van der Waals surface area contributed by atoms with Crippen LogP contribution in [0.2, 0.25) is 0 Å². The fraction of sp³-hybridized carbons (Fsp3) is 0.526. The minimum atomic E-state index is 0.310. The average molecular weight is 328 g/mol. The second-order valence-electron chi connectivity index (χ2n) is 6.85. The number of aryl methyl sites for hydroxylation is 1. The van der Waals surface area contributed by atoms with Gasteiger partial charge in [0.15, 0.2) is 0 Å². The number of nitrogens with one attached hydrogen (secondary N) is 1.